The molecule has 1 unspecified atom stereocenters. The minimum Gasteiger partial charge on any atom is -0.379 e. The highest BCUT2D eigenvalue weighted by atomic mass is 127. The lowest BCUT2D eigenvalue weighted by Crippen LogP contribution is -2.58. The van der Waals surface area contributed by atoms with Gasteiger partial charge in [-0.15, -0.1) is 24.0 Å². The Morgan fingerprint density at radius 1 is 0.969 bits per heavy atom. The van der Waals surface area contributed by atoms with Crippen molar-refractivity contribution in [3.8, 4) is 0 Å². The van der Waals surface area contributed by atoms with Crippen LogP contribution < -0.4 is 10.6 Å². The number of rotatable bonds is 8. The summed E-state index contributed by atoms with van der Waals surface area (Å²) in [6.07, 6.45) is 6.53. The third-order valence-corrected chi connectivity index (χ3v) is 7.58. The summed E-state index contributed by atoms with van der Waals surface area (Å²) >= 11 is 0. The molecular formula is C24H49IN6O. The maximum Gasteiger partial charge on any atom is 0.191 e. The number of likely N-dealkylation sites (tertiary alicyclic amines) is 2. The van der Waals surface area contributed by atoms with Crippen LogP contribution in [0.1, 0.15) is 52.9 Å². The number of halogens is 1. The van der Waals surface area contributed by atoms with Gasteiger partial charge in [-0.1, -0.05) is 20.3 Å². The molecule has 0 radical (unpaired) electrons. The molecule has 8 heteroatoms. The molecule has 0 aliphatic carbocycles. The summed E-state index contributed by atoms with van der Waals surface area (Å²) in [5.41, 5.74) is 0.233. The van der Waals surface area contributed by atoms with Gasteiger partial charge in [0.1, 0.15) is 0 Å². The van der Waals surface area contributed by atoms with Gasteiger partial charge in [0.25, 0.3) is 0 Å². The Balaban J connectivity index is 0.00000363. The first-order chi connectivity index (χ1) is 15.0. The van der Waals surface area contributed by atoms with Gasteiger partial charge in [0, 0.05) is 37.8 Å². The van der Waals surface area contributed by atoms with Gasteiger partial charge >= 0.3 is 0 Å². The zero-order chi connectivity index (χ0) is 22.1. The van der Waals surface area contributed by atoms with Crippen molar-refractivity contribution >= 4 is 29.9 Å². The highest BCUT2D eigenvalue weighted by Crippen LogP contribution is 2.31. The Bertz CT molecular complexity index is 541. The minimum atomic E-state index is 0. The second kappa shape index (κ2) is 14.3. The van der Waals surface area contributed by atoms with Crippen molar-refractivity contribution < 1.29 is 4.74 Å². The Morgan fingerprint density at radius 2 is 1.62 bits per heavy atom. The van der Waals surface area contributed by atoms with Crippen LogP contribution in [0.4, 0.5) is 0 Å². The van der Waals surface area contributed by atoms with E-state index in [1.54, 1.807) is 0 Å². The van der Waals surface area contributed by atoms with Crippen LogP contribution in [0, 0.1) is 5.92 Å². The number of morpholine rings is 1. The lowest BCUT2D eigenvalue weighted by atomic mass is 9.84. The molecule has 1 atom stereocenters. The molecule has 3 heterocycles. The third-order valence-electron chi connectivity index (χ3n) is 7.58. The first-order valence-corrected chi connectivity index (χ1v) is 12.8. The van der Waals surface area contributed by atoms with E-state index in [0.717, 1.165) is 51.9 Å². The monoisotopic (exact) mass is 564 g/mol. The number of nitrogens with zero attached hydrogens (tertiary/aromatic N) is 4. The summed E-state index contributed by atoms with van der Waals surface area (Å²) in [7, 11) is 2.26. The van der Waals surface area contributed by atoms with Gasteiger partial charge in [0.05, 0.1) is 19.8 Å². The molecule has 3 rings (SSSR count). The van der Waals surface area contributed by atoms with Crippen molar-refractivity contribution in [2.45, 2.75) is 64.5 Å². The molecule has 32 heavy (non-hydrogen) atoms. The number of nitrogens with one attached hydrogen (secondary N) is 2. The first-order valence-electron chi connectivity index (χ1n) is 12.8. The van der Waals surface area contributed by atoms with Crippen LogP contribution in [-0.4, -0.2) is 111 Å². The molecule has 7 nitrogen and oxygen atoms in total. The molecule has 3 aliphatic rings. The Hall–Kier alpha value is -0.160. The molecule has 0 aromatic heterocycles. The van der Waals surface area contributed by atoms with E-state index < -0.39 is 0 Å². The Labute approximate surface area is 214 Å². The molecule has 3 saturated heterocycles. The van der Waals surface area contributed by atoms with Crippen molar-refractivity contribution in [1.29, 1.82) is 0 Å². The summed E-state index contributed by atoms with van der Waals surface area (Å²) in [6, 6.07) is 0.507. The number of ether oxygens (including phenoxy) is 1. The van der Waals surface area contributed by atoms with E-state index in [1.165, 1.54) is 58.3 Å². The van der Waals surface area contributed by atoms with Crippen LogP contribution in [-0.2, 0) is 4.74 Å². The SMILES string of the molecule is CCNC(=NCC1(N2CCCCC2)CCN(C)CC1)NCC(C(C)C)N1CCOCC1.I. The van der Waals surface area contributed by atoms with Crippen LogP contribution in [0.3, 0.4) is 0 Å². The predicted molar refractivity (Wildman–Crippen MR) is 145 cm³/mol. The fraction of sp³-hybridized carbons (Fsp3) is 0.958. The highest BCUT2D eigenvalue weighted by molar-refractivity contribution is 14.0. The zero-order valence-electron chi connectivity index (χ0n) is 21.1. The van der Waals surface area contributed by atoms with Gasteiger partial charge in [0.2, 0.25) is 0 Å². The van der Waals surface area contributed by atoms with Crippen LogP contribution in [0.2, 0.25) is 0 Å². The van der Waals surface area contributed by atoms with Crippen LogP contribution in [0.15, 0.2) is 4.99 Å². The van der Waals surface area contributed by atoms with Gasteiger partial charge in [0.15, 0.2) is 5.96 Å². The van der Waals surface area contributed by atoms with Crippen LogP contribution in [0.5, 0.6) is 0 Å². The average molecular weight is 565 g/mol. The van der Waals surface area contributed by atoms with E-state index in [2.05, 4.69) is 53.2 Å². The predicted octanol–water partition coefficient (Wildman–Crippen LogP) is 2.47. The van der Waals surface area contributed by atoms with Gasteiger partial charge in [-0.2, -0.15) is 0 Å². The molecule has 2 N–H and O–H groups in total. The third kappa shape index (κ3) is 7.96. The molecule has 3 fully saturated rings. The second-order valence-corrected chi connectivity index (χ2v) is 10.1. The summed E-state index contributed by atoms with van der Waals surface area (Å²) in [5.74, 6) is 1.58. The van der Waals surface area contributed by atoms with E-state index >= 15 is 0 Å². The smallest absolute Gasteiger partial charge is 0.191 e. The molecule has 0 aromatic carbocycles. The Morgan fingerprint density at radius 3 is 2.22 bits per heavy atom. The van der Waals surface area contributed by atoms with E-state index in [4.69, 9.17) is 9.73 Å². The van der Waals surface area contributed by atoms with Gasteiger partial charge in [-0.3, -0.25) is 14.8 Å². The maximum atomic E-state index is 5.57. The van der Waals surface area contributed by atoms with Crippen LogP contribution in [0.25, 0.3) is 0 Å². The maximum absolute atomic E-state index is 5.57. The van der Waals surface area contributed by atoms with E-state index in [1.807, 2.05) is 0 Å². The zero-order valence-corrected chi connectivity index (χ0v) is 23.4. The van der Waals surface area contributed by atoms with Crippen molar-refractivity contribution in [2.75, 3.05) is 79.2 Å². The summed E-state index contributed by atoms with van der Waals surface area (Å²) in [5, 5.41) is 7.21. The number of hydrogen-bond acceptors (Lipinski definition) is 5. The number of guanidine groups is 1. The topological polar surface area (TPSA) is 55.4 Å². The van der Waals surface area contributed by atoms with Crippen molar-refractivity contribution in [1.82, 2.24) is 25.3 Å². The fourth-order valence-electron chi connectivity index (χ4n) is 5.44. The lowest BCUT2D eigenvalue weighted by Gasteiger charge is -2.49. The van der Waals surface area contributed by atoms with Crippen LogP contribution >= 0.6 is 24.0 Å². The summed E-state index contributed by atoms with van der Waals surface area (Å²) in [6.45, 7) is 18.2. The molecule has 0 spiro atoms. The van der Waals surface area contributed by atoms with E-state index in [9.17, 15) is 0 Å². The number of piperidine rings is 2. The van der Waals surface area contributed by atoms with Gasteiger partial charge < -0.3 is 20.3 Å². The van der Waals surface area contributed by atoms with Gasteiger partial charge in [-0.25, -0.2) is 0 Å². The summed E-state index contributed by atoms with van der Waals surface area (Å²) < 4.78 is 5.57. The van der Waals surface area contributed by atoms with E-state index in [-0.39, 0.29) is 29.5 Å². The largest absolute Gasteiger partial charge is 0.379 e. The lowest BCUT2D eigenvalue weighted by molar-refractivity contribution is 0.00746. The Kier molecular flexibility index (Phi) is 12.5. The molecule has 0 saturated carbocycles. The second-order valence-electron chi connectivity index (χ2n) is 10.1. The number of hydrogen-bond donors (Lipinski definition) is 2. The molecule has 0 amide bonds. The quantitative estimate of drug-likeness (QED) is 0.269. The van der Waals surface area contributed by atoms with Crippen molar-refractivity contribution in [2.24, 2.45) is 10.9 Å². The molecule has 188 valence electrons. The minimum absolute atomic E-state index is 0. The van der Waals surface area contributed by atoms with Crippen molar-refractivity contribution in [3.63, 3.8) is 0 Å². The standard InChI is InChI=1S/C24H48N6O.HI/c1-5-25-23(26-19-22(21(2)3)29-15-17-31-18-16-29)27-20-24(9-13-28(4)14-10-24)30-11-7-6-8-12-30;/h21-22H,5-20H2,1-4H3,(H2,25,26,27);1H. The first kappa shape index (κ1) is 28.1. The summed E-state index contributed by atoms with van der Waals surface area (Å²) in [4.78, 5) is 13.0. The molecular weight excluding hydrogens is 515 g/mol. The molecule has 3 aliphatic heterocycles. The van der Waals surface area contributed by atoms with E-state index in [0.29, 0.717) is 12.0 Å². The highest BCUT2D eigenvalue weighted by Gasteiger charge is 2.39. The molecule has 0 aromatic rings. The van der Waals surface area contributed by atoms with Gasteiger partial charge in [-0.05, 0) is 71.8 Å². The molecule has 0 bridgehead atoms. The normalized spacial score (nSPS) is 24.7. The number of aliphatic imine (C=N–C) groups is 1. The average Bonchev–Trinajstić information content (AvgIpc) is 2.80. The van der Waals surface area contributed by atoms with Crippen molar-refractivity contribution in [3.05, 3.63) is 0 Å². The fourth-order valence-corrected chi connectivity index (χ4v) is 5.44.